The first-order valence-corrected chi connectivity index (χ1v) is 10.4. The van der Waals surface area contributed by atoms with Gasteiger partial charge in [-0.25, -0.2) is 0 Å². The van der Waals surface area contributed by atoms with Crippen molar-refractivity contribution in [3.8, 4) is 0 Å². The SMILES string of the molecule is CC(=O)N[C@@H]1C[C@H](c2ccc(N3CCCC3=O)cc2)OC2(CCCCC2)C1. The molecule has 2 heterocycles. The van der Waals surface area contributed by atoms with Crippen LogP contribution in [0.3, 0.4) is 0 Å². The standard InChI is InChI=1S/C22H30N2O3/c1-16(25)23-18-14-20(27-22(15-18)11-3-2-4-12-22)17-7-9-19(10-8-17)24-13-5-6-21(24)26/h7-10,18,20H,2-6,11-15H2,1H3,(H,23,25)/t18-,20-/m1/s1. The fourth-order valence-corrected chi connectivity index (χ4v) is 5.10. The van der Waals surface area contributed by atoms with Gasteiger partial charge in [0.1, 0.15) is 0 Å². The van der Waals surface area contributed by atoms with Crippen molar-refractivity contribution in [3.63, 3.8) is 0 Å². The summed E-state index contributed by atoms with van der Waals surface area (Å²) in [5, 5.41) is 3.14. The van der Waals surface area contributed by atoms with Crippen molar-refractivity contribution in [2.45, 2.75) is 82.5 Å². The molecule has 2 amide bonds. The van der Waals surface area contributed by atoms with E-state index in [9.17, 15) is 9.59 Å². The van der Waals surface area contributed by atoms with Crippen LogP contribution in [0.5, 0.6) is 0 Å². The van der Waals surface area contributed by atoms with Gasteiger partial charge in [0.2, 0.25) is 11.8 Å². The van der Waals surface area contributed by atoms with Crippen LogP contribution in [0.4, 0.5) is 5.69 Å². The molecule has 1 aromatic carbocycles. The van der Waals surface area contributed by atoms with E-state index in [4.69, 9.17) is 4.74 Å². The Morgan fingerprint density at radius 3 is 2.52 bits per heavy atom. The van der Waals surface area contributed by atoms with Gasteiger partial charge in [0.15, 0.2) is 0 Å². The zero-order chi connectivity index (χ0) is 18.9. The lowest BCUT2D eigenvalue weighted by molar-refractivity contribution is -0.158. The zero-order valence-electron chi connectivity index (χ0n) is 16.2. The van der Waals surface area contributed by atoms with Crippen molar-refractivity contribution >= 4 is 17.5 Å². The number of ether oxygens (including phenoxy) is 1. The number of carbonyl (C=O) groups is 2. The van der Waals surface area contributed by atoms with Crippen molar-refractivity contribution in [2.24, 2.45) is 0 Å². The summed E-state index contributed by atoms with van der Waals surface area (Å²) < 4.78 is 6.67. The van der Waals surface area contributed by atoms with E-state index >= 15 is 0 Å². The summed E-state index contributed by atoms with van der Waals surface area (Å²) >= 11 is 0. The van der Waals surface area contributed by atoms with E-state index in [1.165, 1.54) is 19.3 Å². The molecular weight excluding hydrogens is 340 g/mol. The van der Waals surface area contributed by atoms with Gasteiger partial charge in [0.25, 0.3) is 0 Å². The molecule has 0 radical (unpaired) electrons. The molecule has 3 fully saturated rings. The number of anilines is 1. The molecule has 1 saturated carbocycles. The number of hydrogen-bond acceptors (Lipinski definition) is 3. The summed E-state index contributed by atoms with van der Waals surface area (Å²) in [6.07, 6.45) is 9.16. The van der Waals surface area contributed by atoms with Crippen LogP contribution in [0.2, 0.25) is 0 Å². The first kappa shape index (κ1) is 18.5. The maximum atomic E-state index is 12.0. The number of rotatable bonds is 3. The summed E-state index contributed by atoms with van der Waals surface area (Å²) in [4.78, 5) is 25.5. The first-order chi connectivity index (χ1) is 13.0. The minimum absolute atomic E-state index is 0.00275. The lowest BCUT2D eigenvalue weighted by Crippen LogP contribution is -2.50. The van der Waals surface area contributed by atoms with Crippen LogP contribution in [-0.4, -0.2) is 30.0 Å². The van der Waals surface area contributed by atoms with Crippen LogP contribution in [0.1, 0.15) is 76.4 Å². The molecule has 5 heteroatoms. The van der Waals surface area contributed by atoms with Gasteiger partial charge in [0.05, 0.1) is 11.7 Å². The van der Waals surface area contributed by atoms with Crippen molar-refractivity contribution in [1.29, 1.82) is 0 Å². The van der Waals surface area contributed by atoms with Gasteiger partial charge in [-0.15, -0.1) is 0 Å². The highest BCUT2D eigenvalue weighted by Gasteiger charge is 2.43. The molecule has 1 spiro atoms. The third-order valence-electron chi connectivity index (χ3n) is 6.33. The highest BCUT2D eigenvalue weighted by Crippen LogP contribution is 2.45. The predicted octanol–water partition coefficient (Wildman–Crippen LogP) is 3.87. The van der Waals surface area contributed by atoms with Crippen molar-refractivity contribution in [2.75, 3.05) is 11.4 Å². The topological polar surface area (TPSA) is 58.6 Å². The lowest BCUT2D eigenvalue weighted by Gasteiger charge is -2.47. The van der Waals surface area contributed by atoms with Crippen LogP contribution in [0.15, 0.2) is 24.3 Å². The Kier molecular flexibility index (Phi) is 5.22. The second-order valence-electron chi connectivity index (χ2n) is 8.43. The second-order valence-corrected chi connectivity index (χ2v) is 8.43. The molecule has 4 rings (SSSR count). The fraction of sp³-hybridized carbons (Fsp3) is 0.636. The molecule has 0 bridgehead atoms. The summed E-state index contributed by atoms with van der Waals surface area (Å²) in [5.74, 6) is 0.248. The molecule has 5 nitrogen and oxygen atoms in total. The number of hydrogen-bond donors (Lipinski definition) is 1. The van der Waals surface area contributed by atoms with E-state index in [0.29, 0.717) is 6.42 Å². The van der Waals surface area contributed by atoms with Crippen LogP contribution >= 0.6 is 0 Å². The minimum Gasteiger partial charge on any atom is -0.367 e. The molecule has 146 valence electrons. The molecule has 0 unspecified atom stereocenters. The van der Waals surface area contributed by atoms with E-state index in [1.807, 2.05) is 17.0 Å². The van der Waals surface area contributed by atoms with E-state index in [0.717, 1.165) is 49.9 Å². The van der Waals surface area contributed by atoms with Gasteiger partial charge in [-0.2, -0.15) is 0 Å². The van der Waals surface area contributed by atoms with E-state index in [2.05, 4.69) is 17.4 Å². The van der Waals surface area contributed by atoms with Crippen molar-refractivity contribution in [1.82, 2.24) is 5.32 Å². The number of nitrogens with zero attached hydrogens (tertiary/aromatic N) is 1. The molecule has 2 atom stereocenters. The molecule has 1 N–H and O–H groups in total. The van der Waals surface area contributed by atoms with Gasteiger partial charge in [-0.05, 0) is 49.8 Å². The third kappa shape index (κ3) is 4.03. The maximum absolute atomic E-state index is 12.0. The van der Waals surface area contributed by atoms with Gasteiger partial charge in [0, 0.05) is 31.6 Å². The Morgan fingerprint density at radius 1 is 1.15 bits per heavy atom. The number of carbonyl (C=O) groups excluding carboxylic acids is 2. The van der Waals surface area contributed by atoms with Crippen LogP contribution in [0.25, 0.3) is 0 Å². The minimum atomic E-state index is -0.0993. The van der Waals surface area contributed by atoms with Crippen LogP contribution in [0, 0.1) is 0 Å². The van der Waals surface area contributed by atoms with Crippen molar-refractivity contribution < 1.29 is 14.3 Å². The molecule has 3 aliphatic rings. The van der Waals surface area contributed by atoms with E-state index < -0.39 is 0 Å². The molecular formula is C22H30N2O3. The highest BCUT2D eigenvalue weighted by atomic mass is 16.5. The summed E-state index contributed by atoms with van der Waals surface area (Å²) in [5.41, 5.74) is 2.02. The molecule has 2 aliphatic heterocycles. The summed E-state index contributed by atoms with van der Waals surface area (Å²) in [7, 11) is 0. The average Bonchev–Trinajstić information content (AvgIpc) is 3.07. The largest absolute Gasteiger partial charge is 0.367 e. The van der Waals surface area contributed by atoms with Crippen molar-refractivity contribution in [3.05, 3.63) is 29.8 Å². The van der Waals surface area contributed by atoms with E-state index in [-0.39, 0.29) is 29.6 Å². The predicted molar refractivity (Wildman–Crippen MR) is 105 cm³/mol. The Morgan fingerprint density at radius 2 is 1.89 bits per heavy atom. The number of benzene rings is 1. The molecule has 0 aromatic heterocycles. The number of amides is 2. The third-order valence-corrected chi connectivity index (χ3v) is 6.33. The number of nitrogens with one attached hydrogen (secondary N) is 1. The van der Waals surface area contributed by atoms with Gasteiger partial charge < -0.3 is 15.0 Å². The van der Waals surface area contributed by atoms with Crippen LogP contribution < -0.4 is 10.2 Å². The Bertz CT molecular complexity index is 694. The van der Waals surface area contributed by atoms with Gasteiger partial charge in [-0.3, -0.25) is 9.59 Å². The lowest BCUT2D eigenvalue weighted by atomic mass is 9.76. The van der Waals surface area contributed by atoms with Crippen LogP contribution in [-0.2, 0) is 14.3 Å². The summed E-state index contributed by atoms with van der Waals surface area (Å²) in [6, 6.07) is 8.44. The Hall–Kier alpha value is -1.88. The zero-order valence-corrected chi connectivity index (χ0v) is 16.2. The second kappa shape index (κ2) is 7.63. The summed E-state index contributed by atoms with van der Waals surface area (Å²) in [6.45, 7) is 2.41. The average molecular weight is 370 g/mol. The Balaban J connectivity index is 1.53. The fourth-order valence-electron chi connectivity index (χ4n) is 5.10. The highest BCUT2D eigenvalue weighted by molar-refractivity contribution is 5.95. The normalized spacial score (nSPS) is 27.7. The van der Waals surface area contributed by atoms with Gasteiger partial charge in [-0.1, -0.05) is 31.4 Å². The maximum Gasteiger partial charge on any atom is 0.227 e. The molecule has 27 heavy (non-hydrogen) atoms. The Labute approximate surface area is 161 Å². The molecule has 1 aromatic rings. The van der Waals surface area contributed by atoms with Gasteiger partial charge >= 0.3 is 0 Å². The molecule has 1 aliphatic carbocycles. The van der Waals surface area contributed by atoms with E-state index in [1.54, 1.807) is 6.92 Å². The quantitative estimate of drug-likeness (QED) is 0.879. The first-order valence-electron chi connectivity index (χ1n) is 10.4. The molecule has 2 saturated heterocycles. The monoisotopic (exact) mass is 370 g/mol. The smallest absolute Gasteiger partial charge is 0.227 e.